The van der Waals surface area contributed by atoms with Crippen molar-refractivity contribution >= 4 is 23.2 Å². The molecule has 0 unspecified atom stereocenters. The smallest absolute Gasteiger partial charge is 0.198 e. The van der Waals surface area contributed by atoms with Crippen LogP contribution in [0.3, 0.4) is 0 Å². The maximum Gasteiger partial charge on any atom is 0.198 e. The molecule has 0 bridgehead atoms. The summed E-state index contributed by atoms with van der Waals surface area (Å²) in [4.78, 5) is 12.4. The van der Waals surface area contributed by atoms with Crippen LogP contribution in [-0.4, -0.2) is 19.5 Å². The molecule has 0 saturated carbocycles. The monoisotopic (exact) mass is 242 g/mol. The first-order chi connectivity index (χ1) is 7.09. The summed E-state index contributed by atoms with van der Waals surface area (Å²) in [6.07, 6.45) is 3.47. The van der Waals surface area contributed by atoms with Crippen molar-refractivity contribution in [2.45, 2.75) is 6.92 Å². The number of nitrogens with zero attached hydrogens (tertiary/aromatic N) is 4. The number of rotatable bonds is 1. The first-order valence-electron chi connectivity index (χ1n) is 4.27. The molecule has 0 aliphatic heterocycles. The molecule has 4 nitrogen and oxygen atoms in total. The first-order valence-corrected chi connectivity index (χ1v) is 5.02. The van der Waals surface area contributed by atoms with E-state index in [-0.39, 0.29) is 0 Å². The third-order valence-corrected chi connectivity index (χ3v) is 2.78. The van der Waals surface area contributed by atoms with Crippen molar-refractivity contribution in [1.29, 1.82) is 0 Å². The molecule has 78 valence electrons. The van der Waals surface area contributed by atoms with E-state index in [0.717, 1.165) is 0 Å². The number of aryl methyl sites for hydroxylation is 1. The van der Waals surface area contributed by atoms with Gasteiger partial charge in [0.25, 0.3) is 0 Å². The third-order valence-electron chi connectivity index (χ3n) is 2.05. The summed E-state index contributed by atoms with van der Waals surface area (Å²) in [5, 5.41) is 0.709. The van der Waals surface area contributed by atoms with Crippen LogP contribution < -0.4 is 0 Å². The van der Waals surface area contributed by atoms with Gasteiger partial charge in [-0.3, -0.25) is 0 Å². The predicted octanol–water partition coefficient (Wildman–Crippen LogP) is 2.49. The fraction of sp³-hybridized carbons (Fsp3) is 0.222. The average Bonchev–Trinajstić information content (AvgIpc) is 2.60. The highest BCUT2D eigenvalue weighted by atomic mass is 35.5. The Bertz CT molecular complexity index is 484. The summed E-state index contributed by atoms with van der Waals surface area (Å²) in [6.45, 7) is 1.77. The van der Waals surface area contributed by atoms with Crippen molar-refractivity contribution in [2.24, 2.45) is 7.05 Å². The Hall–Kier alpha value is -1.13. The Morgan fingerprint density at radius 2 is 1.80 bits per heavy atom. The van der Waals surface area contributed by atoms with Crippen LogP contribution in [-0.2, 0) is 7.05 Å². The number of halogens is 2. The summed E-state index contributed by atoms with van der Waals surface area (Å²) in [5.41, 5.74) is 0.677. The molecule has 2 aromatic rings. The van der Waals surface area contributed by atoms with Crippen molar-refractivity contribution in [3.63, 3.8) is 0 Å². The molecule has 0 spiro atoms. The Morgan fingerprint density at radius 1 is 1.20 bits per heavy atom. The highest BCUT2D eigenvalue weighted by molar-refractivity contribution is 6.34. The summed E-state index contributed by atoms with van der Waals surface area (Å²) in [6, 6.07) is 0. The fourth-order valence-electron chi connectivity index (χ4n) is 1.14. The minimum atomic E-state index is 0.355. The number of hydrogen-bond donors (Lipinski definition) is 0. The van der Waals surface area contributed by atoms with E-state index in [0.29, 0.717) is 27.5 Å². The fourth-order valence-corrected chi connectivity index (χ4v) is 1.53. The largest absolute Gasteiger partial charge is 0.331 e. The maximum atomic E-state index is 5.92. The summed E-state index contributed by atoms with van der Waals surface area (Å²) >= 11 is 11.8. The van der Waals surface area contributed by atoms with Crippen LogP contribution in [0.4, 0.5) is 0 Å². The summed E-state index contributed by atoms with van der Waals surface area (Å²) in [7, 11) is 1.85. The lowest BCUT2D eigenvalue weighted by molar-refractivity contribution is 0.905. The Kier molecular flexibility index (Phi) is 2.63. The zero-order chi connectivity index (χ0) is 11.0. The van der Waals surface area contributed by atoms with Crippen LogP contribution in [0.5, 0.6) is 0 Å². The van der Waals surface area contributed by atoms with E-state index in [1.807, 2.05) is 7.05 Å². The second-order valence-corrected chi connectivity index (χ2v) is 3.83. The maximum absolute atomic E-state index is 5.92. The Labute approximate surface area is 96.9 Å². The van der Waals surface area contributed by atoms with Gasteiger partial charge in [0.15, 0.2) is 11.6 Å². The van der Waals surface area contributed by atoms with E-state index in [1.54, 1.807) is 23.9 Å². The van der Waals surface area contributed by atoms with Gasteiger partial charge >= 0.3 is 0 Å². The molecule has 0 amide bonds. The van der Waals surface area contributed by atoms with Gasteiger partial charge in [0.2, 0.25) is 0 Å². The van der Waals surface area contributed by atoms with Gasteiger partial charge in [0.05, 0.1) is 0 Å². The van der Waals surface area contributed by atoms with Crippen LogP contribution in [0.25, 0.3) is 11.6 Å². The standard InChI is InChI=1S/C9H8Cl2N4/c1-5-6(10)13-8(14-7(5)11)9-12-3-4-15(9)2/h3-4H,1-2H3. The van der Waals surface area contributed by atoms with Gasteiger partial charge in [-0.1, -0.05) is 23.2 Å². The average molecular weight is 243 g/mol. The Morgan fingerprint density at radius 3 is 2.27 bits per heavy atom. The van der Waals surface area contributed by atoms with Crippen LogP contribution in [0.2, 0.25) is 10.3 Å². The van der Waals surface area contributed by atoms with Gasteiger partial charge in [-0.25, -0.2) is 15.0 Å². The molecule has 2 aromatic heterocycles. The summed E-state index contributed by atoms with van der Waals surface area (Å²) < 4.78 is 1.80. The van der Waals surface area contributed by atoms with E-state index >= 15 is 0 Å². The van der Waals surface area contributed by atoms with Crippen molar-refractivity contribution < 1.29 is 0 Å². The lowest BCUT2D eigenvalue weighted by atomic mass is 10.4. The molecule has 2 heterocycles. The van der Waals surface area contributed by atoms with Crippen molar-refractivity contribution in [1.82, 2.24) is 19.5 Å². The third kappa shape index (κ3) is 1.82. The van der Waals surface area contributed by atoms with Gasteiger partial charge < -0.3 is 4.57 Å². The molecule has 0 aliphatic carbocycles. The van der Waals surface area contributed by atoms with Gasteiger partial charge in [-0.2, -0.15) is 0 Å². The molecule has 15 heavy (non-hydrogen) atoms. The van der Waals surface area contributed by atoms with Crippen LogP contribution in [0.1, 0.15) is 5.56 Å². The highest BCUT2D eigenvalue weighted by Crippen LogP contribution is 2.23. The van der Waals surface area contributed by atoms with E-state index in [9.17, 15) is 0 Å². The van der Waals surface area contributed by atoms with Crippen LogP contribution >= 0.6 is 23.2 Å². The van der Waals surface area contributed by atoms with Gasteiger partial charge in [-0.15, -0.1) is 0 Å². The van der Waals surface area contributed by atoms with Gasteiger partial charge in [0.1, 0.15) is 10.3 Å². The second-order valence-electron chi connectivity index (χ2n) is 3.12. The minimum absolute atomic E-state index is 0.355. The normalized spacial score (nSPS) is 10.7. The number of aromatic nitrogens is 4. The van der Waals surface area contributed by atoms with E-state index in [2.05, 4.69) is 15.0 Å². The Balaban J connectivity index is 2.60. The zero-order valence-corrected chi connectivity index (χ0v) is 9.71. The predicted molar refractivity (Wildman–Crippen MR) is 59.0 cm³/mol. The molecule has 2 rings (SSSR count). The molecule has 0 atom stereocenters. The van der Waals surface area contributed by atoms with Gasteiger partial charge in [0, 0.05) is 25.0 Å². The summed E-state index contributed by atoms with van der Waals surface area (Å²) in [5.74, 6) is 1.07. The first kappa shape index (κ1) is 10.4. The van der Waals surface area contributed by atoms with E-state index in [4.69, 9.17) is 23.2 Å². The molecule has 0 radical (unpaired) electrons. The lowest BCUT2D eigenvalue weighted by Crippen LogP contribution is -1.99. The lowest BCUT2D eigenvalue weighted by Gasteiger charge is -2.04. The van der Waals surface area contributed by atoms with E-state index in [1.165, 1.54) is 0 Å². The minimum Gasteiger partial charge on any atom is -0.331 e. The quantitative estimate of drug-likeness (QED) is 0.722. The van der Waals surface area contributed by atoms with Crippen molar-refractivity contribution in [3.8, 4) is 11.6 Å². The van der Waals surface area contributed by atoms with Crippen LogP contribution in [0, 0.1) is 6.92 Å². The molecule has 0 fully saturated rings. The highest BCUT2D eigenvalue weighted by Gasteiger charge is 2.12. The molecule has 0 aromatic carbocycles. The van der Waals surface area contributed by atoms with Gasteiger partial charge in [-0.05, 0) is 6.92 Å². The SMILES string of the molecule is Cc1c(Cl)nc(-c2nccn2C)nc1Cl. The molecule has 0 aliphatic rings. The molecular formula is C9H8Cl2N4. The molecular weight excluding hydrogens is 235 g/mol. The molecule has 6 heteroatoms. The number of imidazole rings is 1. The topological polar surface area (TPSA) is 43.6 Å². The van der Waals surface area contributed by atoms with Crippen LogP contribution in [0.15, 0.2) is 12.4 Å². The second kappa shape index (κ2) is 3.79. The van der Waals surface area contributed by atoms with Crippen molar-refractivity contribution in [3.05, 3.63) is 28.3 Å². The van der Waals surface area contributed by atoms with E-state index < -0.39 is 0 Å². The van der Waals surface area contributed by atoms with Crippen molar-refractivity contribution in [2.75, 3.05) is 0 Å². The number of hydrogen-bond acceptors (Lipinski definition) is 3. The zero-order valence-electron chi connectivity index (χ0n) is 8.20. The molecule has 0 saturated heterocycles. The molecule has 0 N–H and O–H groups in total.